The summed E-state index contributed by atoms with van der Waals surface area (Å²) in [5, 5.41) is 17.0. The van der Waals surface area contributed by atoms with Gasteiger partial charge in [-0.2, -0.15) is 12.6 Å². The van der Waals surface area contributed by atoms with Crippen LogP contribution in [-0.4, -0.2) is 65.3 Å². The lowest BCUT2D eigenvalue weighted by molar-refractivity contribution is -0.142. The summed E-state index contributed by atoms with van der Waals surface area (Å²) in [6, 6.07) is -3.79. The van der Waals surface area contributed by atoms with Gasteiger partial charge in [-0.05, 0) is 44.1 Å². The van der Waals surface area contributed by atoms with Crippen LogP contribution >= 0.6 is 12.6 Å². The molecular formula is C21H41N5O5S. The van der Waals surface area contributed by atoms with E-state index in [1.165, 1.54) is 0 Å². The van der Waals surface area contributed by atoms with Crippen LogP contribution in [0, 0.1) is 11.8 Å². The highest BCUT2D eigenvalue weighted by Crippen LogP contribution is 2.09. The molecule has 0 aromatic heterocycles. The standard InChI is InChI=1S/C21H41N5O5S/c1-5-13(4)17(23)20(29)24-14(8-6-7-9-22)18(27)26-16(11-32)19(28)25-15(21(30)31)10-12(2)3/h12-17,32H,5-11,22-23H2,1-4H3,(H,24,29)(H,25,28)(H,26,27)(H,30,31). The van der Waals surface area contributed by atoms with Gasteiger partial charge in [0.25, 0.3) is 0 Å². The summed E-state index contributed by atoms with van der Waals surface area (Å²) in [7, 11) is 0. The van der Waals surface area contributed by atoms with E-state index in [1.807, 2.05) is 27.7 Å². The number of carboxylic acids is 1. The normalized spacial score (nSPS) is 15.9. The van der Waals surface area contributed by atoms with Crippen molar-refractivity contribution in [2.24, 2.45) is 23.3 Å². The van der Waals surface area contributed by atoms with Crippen molar-refractivity contribution < 1.29 is 24.3 Å². The Morgan fingerprint density at radius 1 is 0.906 bits per heavy atom. The number of carbonyl (C=O) groups is 4. The number of amides is 3. The van der Waals surface area contributed by atoms with Crippen LogP contribution in [0.25, 0.3) is 0 Å². The van der Waals surface area contributed by atoms with Gasteiger partial charge in [-0.25, -0.2) is 4.79 Å². The third-order valence-electron chi connectivity index (χ3n) is 5.28. The number of hydrogen-bond donors (Lipinski definition) is 7. The second kappa shape index (κ2) is 15.9. The molecule has 0 aromatic carbocycles. The van der Waals surface area contributed by atoms with Crippen molar-refractivity contribution in [3.05, 3.63) is 0 Å². The molecule has 3 amide bonds. The molecule has 0 aliphatic heterocycles. The zero-order valence-electron chi connectivity index (χ0n) is 19.6. The first-order valence-corrected chi connectivity index (χ1v) is 11.8. The minimum Gasteiger partial charge on any atom is -0.480 e. The van der Waals surface area contributed by atoms with E-state index >= 15 is 0 Å². The summed E-state index contributed by atoms with van der Waals surface area (Å²) in [6.07, 6.45) is 2.55. The number of thiol groups is 1. The van der Waals surface area contributed by atoms with E-state index < -0.39 is 47.9 Å². The van der Waals surface area contributed by atoms with E-state index in [0.717, 1.165) is 0 Å². The molecule has 0 saturated heterocycles. The molecule has 5 unspecified atom stereocenters. The fraction of sp³-hybridized carbons (Fsp3) is 0.810. The van der Waals surface area contributed by atoms with E-state index in [9.17, 15) is 24.3 Å². The lowest BCUT2D eigenvalue weighted by Gasteiger charge is -2.25. The molecule has 11 heteroatoms. The third kappa shape index (κ3) is 11.1. The van der Waals surface area contributed by atoms with Crippen LogP contribution in [0.2, 0.25) is 0 Å². The van der Waals surface area contributed by atoms with Crippen LogP contribution in [0.4, 0.5) is 0 Å². The summed E-state index contributed by atoms with van der Waals surface area (Å²) < 4.78 is 0. The van der Waals surface area contributed by atoms with Gasteiger partial charge < -0.3 is 32.5 Å². The molecule has 0 aromatic rings. The SMILES string of the molecule is CCC(C)C(N)C(=O)NC(CCCCN)C(=O)NC(CS)C(=O)NC(CC(C)C)C(=O)O. The van der Waals surface area contributed by atoms with Crippen LogP contribution in [-0.2, 0) is 19.2 Å². The summed E-state index contributed by atoms with van der Waals surface area (Å²) in [5.41, 5.74) is 11.5. The van der Waals surface area contributed by atoms with Gasteiger partial charge in [0.1, 0.15) is 18.1 Å². The summed E-state index contributed by atoms with van der Waals surface area (Å²) >= 11 is 4.12. The summed E-state index contributed by atoms with van der Waals surface area (Å²) in [4.78, 5) is 49.4. The van der Waals surface area contributed by atoms with E-state index in [2.05, 4.69) is 28.6 Å². The maximum atomic E-state index is 12.9. The molecule has 0 aliphatic rings. The maximum absolute atomic E-state index is 12.9. The molecule has 0 spiro atoms. The zero-order chi connectivity index (χ0) is 24.8. The van der Waals surface area contributed by atoms with Crippen LogP contribution in [0.15, 0.2) is 0 Å². The molecule has 0 heterocycles. The van der Waals surface area contributed by atoms with Gasteiger partial charge in [-0.1, -0.05) is 34.1 Å². The predicted octanol–water partition coefficient (Wildman–Crippen LogP) is 0.00370. The highest BCUT2D eigenvalue weighted by Gasteiger charge is 2.30. The van der Waals surface area contributed by atoms with Crippen molar-refractivity contribution in [1.82, 2.24) is 16.0 Å². The van der Waals surface area contributed by atoms with Gasteiger partial charge in [-0.3, -0.25) is 14.4 Å². The first-order chi connectivity index (χ1) is 15.0. The number of aliphatic carboxylic acids is 1. The van der Waals surface area contributed by atoms with Crippen LogP contribution in [0.3, 0.4) is 0 Å². The lowest BCUT2D eigenvalue weighted by atomic mass is 9.98. The first-order valence-electron chi connectivity index (χ1n) is 11.2. The molecule has 0 bridgehead atoms. The van der Waals surface area contributed by atoms with Crippen molar-refractivity contribution in [3.63, 3.8) is 0 Å². The van der Waals surface area contributed by atoms with Gasteiger partial charge in [0.2, 0.25) is 17.7 Å². The number of unbranched alkanes of at least 4 members (excludes halogenated alkanes) is 1. The molecular weight excluding hydrogens is 434 g/mol. The Hall–Kier alpha value is -1.85. The van der Waals surface area contributed by atoms with Crippen molar-refractivity contribution in [2.45, 2.75) is 84.0 Å². The molecule has 0 rings (SSSR count). The highest BCUT2D eigenvalue weighted by atomic mass is 32.1. The first kappa shape index (κ1) is 30.1. The van der Waals surface area contributed by atoms with Gasteiger partial charge in [0.15, 0.2) is 0 Å². The Morgan fingerprint density at radius 2 is 1.44 bits per heavy atom. The molecule has 32 heavy (non-hydrogen) atoms. The van der Waals surface area contributed by atoms with E-state index in [0.29, 0.717) is 32.2 Å². The van der Waals surface area contributed by atoms with Crippen molar-refractivity contribution in [3.8, 4) is 0 Å². The summed E-state index contributed by atoms with van der Waals surface area (Å²) in [6.45, 7) is 7.91. The molecule has 8 N–H and O–H groups in total. The number of hydrogen-bond acceptors (Lipinski definition) is 7. The Kier molecular flexibility index (Phi) is 15.0. The topological polar surface area (TPSA) is 177 Å². The van der Waals surface area contributed by atoms with Crippen LogP contribution in [0.5, 0.6) is 0 Å². The number of rotatable bonds is 16. The van der Waals surface area contributed by atoms with Crippen molar-refractivity contribution >= 4 is 36.3 Å². The highest BCUT2D eigenvalue weighted by molar-refractivity contribution is 7.80. The average molecular weight is 476 g/mol. The molecule has 10 nitrogen and oxygen atoms in total. The second-order valence-corrected chi connectivity index (χ2v) is 8.89. The van der Waals surface area contributed by atoms with Crippen LogP contribution in [0.1, 0.15) is 59.8 Å². The summed E-state index contributed by atoms with van der Waals surface area (Å²) in [5.74, 6) is -2.85. The van der Waals surface area contributed by atoms with Gasteiger partial charge >= 0.3 is 5.97 Å². The number of nitrogens with two attached hydrogens (primary N) is 2. The number of nitrogens with one attached hydrogen (secondary N) is 3. The van der Waals surface area contributed by atoms with Crippen molar-refractivity contribution in [2.75, 3.05) is 12.3 Å². The average Bonchev–Trinajstić information content (AvgIpc) is 2.74. The lowest BCUT2D eigenvalue weighted by Crippen LogP contribution is -2.58. The molecule has 0 fully saturated rings. The monoisotopic (exact) mass is 475 g/mol. The predicted molar refractivity (Wildman–Crippen MR) is 127 cm³/mol. The fourth-order valence-corrected chi connectivity index (χ4v) is 3.23. The van der Waals surface area contributed by atoms with Gasteiger partial charge in [0.05, 0.1) is 6.04 Å². The second-order valence-electron chi connectivity index (χ2n) is 8.53. The largest absolute Gasteiger partial charge is 0.480 e. The number of carboxylic acid groups (broad SMARTS) is 1. The number of carbonyl (C=O) groups excluding carboxylic acids is 3. The minimum absolute atomic E-state index is 0.0402. The Labute approximate surface area is 196 Å². The van der Waals surface area contributed by atoms with Gasteiger partial charge in [0, 0.05) is 5.75 Å². The minimum atomic E-state index is -1.15. The fourth-order valence-electron chi connectivity index (χ4n) is 2.97. The Balaban J connectivity index is 5.27. The molecule has 0 aliphatic carbocycles. The quantitative estimate of drug-likeness (QED) is 0.121. The molecule has 5 atom stereocenters. The Bertz CT molecular complexity index is 619. The van der Waals surface area contributed by atoms with E-state index in [-0.39, 0.29) is 24.0 Å². The van der Waals surface area contributed by atoms with E-state index in [4.69, 9.17) is 11.5 Å². The third-order valence-corrected chi connectivity index (χ3v) is 5.64. The zero-order valence-corrected chi connectivity index (χ0v) is 20.5. The molecule has 186 valence electrons. The van der Waals surface area contributed by atoms with E-state index in [1.54, 1.807) is 0 Å². The molecule has 0 saturated carbocycles. The maximum Gasteiger partial charge on any atom is 0.326 e. The van der Waals surface area contributed by atoms with Crippen molar-refractivity contribution in [1.29, 1.82) is 0 Å². The van der Waals surface area contributed by atoms with Crippen LogP contribution < -0.4 is 27.4 Å². The smallest absolute Gasteiger partial charge is 0.326 e. The molecule has 0 radical (unpaired) electrons. The Morgan fingerprint density at radius 3 is 1.91 bits per heavy atom. The van der Waals surface area contributed by atoms with Gasteiger partial charge in [-0.15, -0.1) is 0 Å².